The molecule has 2 atom stereocenters. The maximum absolute atomic E-state index is 14.3. The summed E-state index contributed by atoms with van der Waals surface area (Å²) in [5.74, 6) is 0.487. The normalized spacial score (nSPS) is 14.1. The molecule has 0 spiro atoms. The summed E-state index contributed by atoms with van der Waals surface area (Å²) in [6.45, 7) is 5.78. The van der Waals surface area contributed by atoms with E-state index >= 15 is 0 Å². The van der Waals surface area contributed by atoms with Crippen molar-refractivity contribution in [2.45, 2.75) is 58.7 Å². The van der Waals surface area contributed by atoms with Crippen LogP contribution < -0.4 is 14.8 Å². The molecule has 0 bridgehead atoms. The summed E-state index contributed by atoms with van der Waals surface area (Å²) in [6, 6.07) is 11.1. The number of aryl methyl sites for hydroxylation is 1. The van der Waals surface area contributed by atoms with Gasteiger partial charge in [0.2, 0.25) is 18.6 Å². The van der Waals surface area contributed by atoms with Crippen LogP contribution in [0.4, 0.5) is 4.39 Å². The summed E-state index contributed by atoms with van der Waals surface area (Å²) in [5, 5.41) is 2.91. The van der Waals surface area contributed by atoms with Crippen molar-refractivity contribution in [2.75, 3.05) is 6.79 Å². The van der Waals surface area contributed by atoms with E-state index in [2.05, 4.69) is 5.32 Å². The Hall–Kier alpha value is -3.09. The molecule has 1 N–H and O–H groups in total. The van der Waals surface area contributed by atoms with E-state index in [0.717, 1.165) is 12.0 Å². The van der Waals surface area contributed by atoms with Crippen LogP contribution in [0.25, 0.3) is 0 Å². The van der Waals surface area contributed by atoms with Crippen LogP contribution in [0.3, 0.4) is 0 Å². The molecular formula is C24H29FN2O4. The van der Waals surface area contributed by atoms with Crippen molar-refractivity contribution in [3.63, 3.8) is 0 Å². The van der Waals surface area contributed by atoms with Gasteiger partial charge in [-0.2, -0.15) is 0 Å². The number of nitrogens with one attached hydrogen (secondary N) is 1. The first-order valence-electron chi connectivity index (χ1n) is 10.6. The molecule has 3 rings (SSSR count). The number of hydrogen-bond donors (Lipinski definition) is 1. The van der Waals surface area contributed by atoms with Crippen LogP contribution in [0.15, 0.2) is 42.5 Å². The summed E-state index contributed by atoms with van der Waals surface area (Å²) >= 11 is 0. The van der Waals surface area contributed by atoms with Crippen molar-refractivity contribution >= 4 is 11.8 Å². The average Bonchev–Trinajstić information content (AvgIpc) is 3.24. The molecule has 0 radical (unpaired) electrons. The minimum absolute atomic E-state index is 0.00556. The Morgan fingerprint density at radius 1 is 1.13 bits per heavy atom. The molecule has 0 fully saturated rings. The number of ether oxygens (including phenoxy) is 2. The molecule has 0 aromatic heterocycles. The maximum atomic E-state index is 14.3. The number of fused-ring (bicyclic) bond motifs is 1. The van der Waals surface area contributed by atoms with Gasteiger partial charge >= 0.3 is 0 Å². The smallest absolute Gasteiger partial charge is 0.242 e. The third kappa shape index (κ3) is 5.75. The van der Waals surface area contributed by atoms with Crippen molar-refractivity contribution in [3.8, 4) is 11.5 Å². The van der Waals surface area contributed by atoms with E-state index in [1.54, 1.807) is 25.1 Å². The Kier molecular flexibility index (Phi) is 7.50. The lowest BCUT2D eigenvalue weighted by atomic mass is 10.1. The minimum atomic E-state index is -0.724. The first kappa shape index (κ1) is 22.6. The Morgan fingerprint density at radius 2 is 1.87 bits per heavy atom. The molecule has 0 saturated heterocycles. The average molecular weight is 429 g/mol. The van der Waals surface area contributed by atoms with Crippen LogP contribution in [0.2, 0.25) is 0 Å². The van der Waals surface area contributed by atoms with E-state index in [9.17, 15) is 14.0 Å². The van der Waals surface area contributed by atoms with Crippen molar-refractivity contribution in [2.24, 2.45) is 0 Å². The molecule has 2 amide bonds. The van der Waals surface area contributed by atoms with Crippen molar-refractivity contribution in [1.82, 2.24) is 10.2 Å². The van der Waals surface area contributed by atoms with Crippen molar-refractivity contribution in [3.05, 3.63) is 59.4 Å². The highest BCUT2D eigenvalue weighted by atomic mass is 19.1. The second-order valence-corrected chi connectivity index (χ2v) is 7.79. The Morgan fingerprint density at radius 3 is 2.61 bits per heavy atom. The van der Waals surface area contributed by atoms with Gasteiger partial charge in [-0.05, 0) is 50.5 Å². The Bertz CT molecular complexity index is 934. The second kappa shape index (κ2) is 10.3. The lowest BCUT2D eigenvalue weighted by molar-refractivity contribution is -0.140. The molecule has 31 heavy (non-hydrogen) atoms. The number of carbonyl (C=O) groups is 2. The predicted molar refractivity (Wildman–Crippen MR) is 115 cm³/mol. The number of benzene rings is 2. The largest absolute Gasteiger partial charge is 0.454 e. The zero-order valence-corrected chi connectivity index (χ0v) is 18.2. The summed E-state index contributed by atoms with van der Waals surface area (Å²) in [4.78, 5) is 27.3. The van der Waals surface area contributed by atoms with Crippen LogP contribution in [-0.2, 0) is 22.6 Å². The molecule has 7 heteroatoms. The highest BCUT2D eigenvalue weighted by Crippen LogP contribution is 2.32. The van der Waals surface area contributed by atoms with Crippen molar-refractivity contribution < 1.29 is 23.5 Å². The maximum Gasteiger partial charge on any atom is 0.242 e. The lowest BCUT2D eigenvalue weighted by Gasteiger charge is -2.30. The first-order valence-corrected chi connectivity index (χ1v) is 10.6. The van der Waals surface area contributed by atoms with Gasteiger partial charge < -0.3 is 19.7 Å². The first-order chi connectivity index (χ1) is 14.9. The van der Waals surface area contributed by atoms with Crippen molar-refractivity contribution in [1.29, 1.82) is 0 Å². The molecule has 0 aliphatic carbocycles. The second-order valence-electron chi connectivity index (χ2n) is 7.79. The predicted octanol–water partition coefficient (Wildman–Crippen LogP) is 3.82. The number of hydrogen-bond acceptors (Lipinski definition) is 4. The minimum Gasteiger partial charge on any atom is -0.454 e. The zero-order chi connectivity index (χ0) is 22.4. The summed E-state index contributed by atoms with van der Waals surface area (Å²) in [6.07, 6.45) is 1.45. The summed E-state index contributed by atoms with van der Waals surface area (Å²) in [7, 11) is 0. The van der Waals surface area contributed by atoms with Gasteiger partial charge in [0, 0.05) is 24.6 Å². The summed E-state index contributed by atoms with van der Waals surface area (Å²) in [5.41, 5.74) is 1.31. The molecule has 6 nitrogen and oxygen atoms in total. The van der Waals surface area contributed by atoms with E-state index in [-0.39, 0.29) is 37.6 Å². The molecule has 2 aromatic rings. The molecule has 166 valence electrons. The number of rotatable bonds is 9. The third-order valence-electron chi connectivity index (χ3n) is 5.53. The van der Waals surface area contributed by atoms with E-state index in [4.69, 9.17) is 9.47 Å². The Balaban J connectivity index is 1.73. The van der Waals surface area contributed by atoms with E-state index < -0.39 is 11.9 Å². The zero-order valence-electron chi connectivity index (χ0n) is 18.2. The fourth-order valence-corrected chi connectivity index (χ4v) is 3.35. The monoisotopic (exact) mass is 428 g/mol. The number of nitrogens with zero attached hydrogens (tertiary/aromatic N) is 1. The molecule has 2 aromatic carbocycles. The fourth-order valence-electron chi connectivity index (χ4n) is 3.35. The van der Waals surface area contributed by atoms with Gasteiger partial charge in [0.1, 0.15) is 11.9 Å². The molecular weight excluding hydrogens is 399 g/mol. The quantitative estimate of drug-likeness (QED) is 0.659. The van der Waals surface area contributed by atoms with E-state index in [1.807, 2.05) is 32.0 Å². The van der Waals surface area contributed by atoms with Crippen LogP contribution in [0, 0.1) is 5.82 Å². The lowest BCUT2D eigenvalue weighted by Crippen LogP contribution is -2.49. The van der Waals surface area contributed by atoms with Gasteiger partial charge in [-0.1, -0.05) is 31.2 Å². The van der Waals surface area contributed by atoms with E-state index in [0.29, 0.717) is 23.5 Å². The highest BCUT2D eigenvalue weighted by molar-refractivity contribution is 5.87. The van der Waals surface area contributed by atoms with Gasteiger partial charge in [-0.3, -0.25) is 9.59 Å². The SMILES string of the molecule is CCC(C)NC(=O)C(C)N(Cc1ccccc1F)C(=O)CCc1ccc2c(c1)OCO2. The highest BCUT2D eigenvalue weighted by Gasteiger charge is 2.27. The van der Waals surface area contributed by atoms with Gasteiger partial charge in [-0.25, -0.2) is 4.39 Å². The van der Waals surface area contributed by atoms with Gasteiger partial charge in [-0.15, -0.1) is 0 Å². The number of amides is 2. The van der Waals surface area contributed by atoms with E-state index in [1.165, 1.54) is 11.0 Å². The molecule has 1 heterocycles. The Labute approximate surface area is 182 Å². The van der Waals surface area contributed by atoms with Crippen LogP contribution in [0.5, 0.6) is 11.5 Å². The topological polar surface area (TPSA) is 67.9 Å². The van der Waals surface area contributed by atoms with Crippen LogP contribution in [-0.4, -0.2) is 35.6 Å². The summed E-state index contributed by atoms with van der Waals surface area (Å²) < 4.78 is 25.0. The van der Waals surface area contributed by atoms with Gasteiger partial charge in [0.15, 0.2) is 11.5 Å². The molecule has 1 aliphatic rings. The molecule has 1 aliphatic heterocycles. The van der Waals surface area contributed by atoms with Gasteiger partial charge in [0.25, 0.3) is 0 Å². The number of halogens is 1. The number of carbonyl (C=O) groups excluding carboxylic acids is 2. The standard InChI is InChI=1S/C24H29FN2O4/c1-4-16(2)26-24(29)17(3)27(14-19-7-5-6-8-20(19)25)23(28)12-10-18-9-11-21-22(13-18)31-15-30-21/h5-9,11,13,16-17H,4,10,12,14-15H2,1-3H3,(H,26,29). The van der Waals surface area contributed by atoms with Crippen LogP contribution >= 0.6 is 0 Å². The molecule has 2 unspecified atom stereocenters. The third-order valence-corrected chi connectivity index (χ3v) is 5.53. The van der Waals surface area contributed by atoms with Crippen LogP contribution in [0.1, 0.15) is 44.7 Å². The van der Waals surface area contributed by atoms with Gasteiger partial charge in [0.05, 0.1) is 0 Å². The molecule has 0 saturated carbocycles. The fraction of sp³-hybridized carbons (Fsp3) is 0.417.